The second-order valence-corrected chi connectivity index (χ2v) is 23.1. The molecule has 0 aliphatic rings. The molecule has 80 heavy (non-hydrogen) atoms. The van der Waals surface area contributed by atoms with Crippen LogP contribution >= 0.6 is 0 Å². The molecule has 0 saturated heterocycles. The fraction of sp³-hybridized carbons (Fsp3) is 0.770. The Morgan fingerprint density at radius 1 is 0.263 bits per heavy atom. The van der Waals surface area contributed by atoms with Gasteiger partial charge >= 0.3 is 17.9 Å². The number of hydrogen-bond donors (Lipinski definition) is 0. The Labute approximate surface area is 496 Å². The predicted molar refractivity (Wildman–Crippen MR) is 348 cm³/mol. The number of allylic oxidation sites excluding steroid dienone is 14. The summed E-state index contributed by atoms with van der Waals surface area (Å²) in [5, 5.41) is 0. The molecule has 0 aromatic heterocycles. The normalized spacial score (nSPS) is 12.6. The van der Waals surface area contributed by atoms with E-state index in [0.717, 1.165) is 103 Å². The van der Waals surface area contributed by atoms with Gasteiger partial charge in [0.15, 0.2) is 6.10 Å². The standard InChI is InChI=1S/C74H130O6/c1-4-7-10-13-16-19-22-25-28-30-32-33-34-35-36-37-38-39-40-41-43-44-46-49-52-55-58-61-64-67-73(76)79-70-71(69-78-72(75)66-63-60-57-54-51-48-27-24-21-18-15-12-9-6-3)80-74(77)68-65-62-59-56-53-50-47-45-42-31-29-26-23-20-17-14-11-8-5-2/h7,10,15-16,18-19,24-29,32-33,71H,4-6,8-9,11-14,17,20-23,30-31,34-70H2,1-3H3/b10-7-,18-15-,19-16-,27-24-,28-25-,29-26-,33-32-. The van der Waals surface area contributed by atoms with E-state index >= 15 is 0 Å². The minimum Gasteiger partial charge on any atom is -0.462 e. The van der Waals surface area contributed by atoms with Gasteiger partial charge in [0.05, 0.1) is 0 Å². The van der Waals surface area contributed by atoms with Crippen molar-refractivity contribution in [3.8, 4) is 0 Å². The van der Waals surface area contributed by atoms with E-state index in [-0.39, 0.29) is 31.1 Å². The molecule has 6 nitrogen and oxygen atoms in total. The van der Waals surface area contributed by atoms with Gasteiger partial charge in [0, 0.05) is 19.3 Å². The van der Waals surface area contributed by atoms with Crippen LogP contribution in [-0.4, -0.2) is 37.2 Å². The lowest BCUT2D eigenvalue weighted by Crippen LogP contribution is -2.30. The van der Waals surface area contributed by atoms with Crippen LogP contribution in [0.2, 0.25) is 0 Å². The highest BCUT2D eigenvalue weighted by Gasteiger charge is 2.19. The Hall–Kier alpha value is -3.41. The first-order valence-electron chi connectivity index (χ1n) is 34.6. The number of ether oxygens (including phenoxy) is 3. The lowest BCUT2D eigenvalue weighted by Gasteiger charge is -2.18. The molecule has 0 N–H and O–H groups in total. The summed E-state index contributed by atoms with van der Waals surface area (Å²) in [5.41, 5.74) is 0. The summed E-state index contributed by atoms with van der Waals surface area (Å²) in [7, 11) is 0. The molecule has 0 bridgehead atoms. The molecule has 0 heterocycles. The van der Waals surface area contributed by atoms with E-state index in [1.54, 1.807) is 0 Å². The van der Waals surface area contributed by atoms with Crippen molar-refractivity contribution in [1.82, 2.24) is 0 Å². The molecule has 1 atom stereocenters. The Kier molecular flexibility index (Phi) is 65.2. The number of carbonyl (C=O) groups is 3. The summed E-state index contributed by atoms with van der Waals surface area (Å²) < 4.78 is 17.0. The molecule has 0 aromatic carbocycles. The lowest BCUT2D eigenvalue weighted by molar-refractivity contribution is -0.167. The van der Waals surface area contributed by atoms with Gasteiger partial charge in [0.2, 0.25) is 0 Å². The smallest absolute Gasteiger partial charge is 0.306 e. The van der Waals surface area contributed by atoms with Crippen LogP contribution in [-0.2, 0) is 28.6 Å². The summed E-state index contributed by atoms with van der Waals surface area (Å²) in [6, 6.07) is 0. The topological polar surface area (TPSA) is 78.9 Å². The molecule has 0 amide bonds. The predicted octanol–water partition coefficient (Wildman–Crippen LogP) is 23.8. The van der Waals surface area contributed by atoms with Crippen molar-refractivity contribution in [2.75, 3.05) is 13.2 Å². The minimum atomic E-state index is -0.783. The molecular weight excluding hydrogens is 985 g/mol. The van der Waals surface area contributed by atoms with Gasteiger partial charge in [-0.2, -0.15) is 0 Å². The molecule has 0 fully saturated rings. The maximum Gasteiger partial charge on any atom is 0.306 e. The van der Waals surface area contributed by atoms with Crippen molar-refractivity contribution in [3.05, 3.63) is 85.1 Å². The van der Waals surface area contributed by atoms with Gasteiger partial charge in [0.1, 0.15) is 13.2 Å². The van der Waals surface area contributed by atoms with Gasteiger partial charge in [-0.1, -0.05) is 305 Å². The van der Waals surface area contributed by atoms with Crippen LogP contribution in [0.3, 0.4) is 0 Å². The largest absolute Gasteiger partial charge is 0.462 e. The van der Waals surface area contributed by atoms with Gasteiger partial charge in [-0.25, -0.2) is 0 Å². The molecule has 0 spiro atoms. The number of hydrogen-bond acceptors (Lipinski definition) is 6. The fourth-order valence-corrected chi connectivity index (χ4v) is 9.92. The average molecular weight is 1120 g/mol. The van der Waals surface area contributed by atoms with Gasteiger partial charge in [-0.3, -0.25) is 14.4 Å². The fourth-order valence-electron chi connectivity index (χ4n) is 9.92. The van der Waals surface area contributed by atoms with Crippen LogP contribution < -0.4 is 0 Å². The Morgan fingerprint density at radius 3 is 0.812 bits per heavy atom. The monoisotopic (exact) mass is 1110 g/mol. The summed E-state index contributed by atoms with van der Waals surface area (Å²) in [6.45, 7) is 6.51. The molecule has 1 unspecified atom stereocenters. The molecule has 0 rings (SSSR count). The number of carbonyl (C=O) groups excluding carboxylic acids is 3. The van der Waals surface area contributed by atoms with E-state index in [2.05, 4.69) is 106 Å². The maximum absolute atomic E-state index is 12.9. The van der Waals surface area contributed by atoms with E-state index in [1.165, 1.54) is 205 Å². The molecule has 0 aliphatic heterocycles. The molecule has 0 saturated carbocycles. The molecule has 6 heteroatoms. The zero-order chi connectivity index (χ0) is 57.8. The molecule has 0 radical (unpaired) electrons. The number of esters is 3. The molecule has 0 aliphatic carbocycles. The maximum atomic E-state index is 12.9. The minimum absolute atomic E-state index is 0.0787. The average Bonchev–Trinajstić information content (AvgIpc) is 3.46. The van der Waals surface area contributed by atoms with Crippen LogP contribution in [0.5, 0.6) is 0 Å². The third-order valence-corrected chi connectivity index (χ3v) is 15.1. The third kappa shape index (κ3) is 65.4. The first-order valence-corrected chi connectivity index (χ1v) is 34.6. The second-order valence-electron chi connectivity index (χ2n) is 23.1. The van der Waals surface area contributed by atoms with E-state index in [1.807, 2.05) is 0 Å². The van der Waals surface area contributed by atoms with Crippen LogP contribution in [0.25, 0.3) is 0 Å². The Morgan fingerprint density at radius 2 is 0.500 bits per heavy atom. The van der Waals surface area contributed by atoms with Crippen LogP contribution in [0.15, 0.2) is 85.1 Å². The van der Waals surface area contributed by atoms with E-state index in [9.17, 15) is 14.4 Å². The van der Waals surface area contributed by atoms with Crippen molar-refractivity contribution >= 4 is 17.9 Å². The summed E-state index contributed by atoms with van der Waals surface area (Å²) in [6.07, 6.45) is 90.3. The third-order valence-electron chi connectivity index (χ3n) is 15.1. The van der Waals surface area contributed by atoms with Gasteiger partial charge < -0.3 is 14.2 Å². The zero-order valence-electron chi connectivity index (χ0n) is 53.1. The van der Waals surface area contributed by atoms with Crippen LogP contribution in [0.4, 0.5) is 0 Å². The zero-order valence-corrected chi connectivity index (χ0v) is 53.1. The van der Waals surface area contributed by atoms with E-state index in [4.69, 9.17) is 14.2 Å². The highest BCUT2D eigenvalue weighted by Crippen LogP contribution is 2.17. The van der Waals surface area contributed by atoms with Crippen molar-refractivity contribution in [1.29, 1.82) is 0 Å². The van der Waals surface area contributed by atoms with Gasteiger partial charge in [0.25, 0.3) is 0 Å². The lowest BCUT2D eigenvalue weighted by atomic mass is 10.0. The molecule has 462 valence electrons. The quantitative estimate of drug-likeness (QED) is 0.0261. The first-order chi connectivity index (χ1) is 39.5. The second kappa shape index (κ2) is 68.1. The van der Waals surface area contributed by atoms with Crippen molar-refractivity contribution in [2.24, 2.45) is 0 Å². The Balaban J connectivity index is 4.25. The highest BCUT2D eigenvalue weighted by molar-refractivity contribution is 5.71. The summed E-state index contributed by atoms with van der Waals surface area (Å²) in [4.78, 5) is 38.4. The van der Waals surface area contributed by atoms with Crippen molar-refractivity contribution in [3.63, 3.8) is 0 Å². The first kappa shape index (κ1) is 76.6. The van der Waals surface area contributed by atoms with Crippen molar-refractivity contribution in [2.45, 2.75) is 354 Å². The number of rotatable bonds is 63. The Bertz CT molecular complexity index is 1520. The van der Waals surface area contributed by atoms with Gasteiger partial charge in [-0.15, -0.1) is 0 Å². The van der Waals surface area contributed by atoms with E-state index < -0.39 is 6.10 Å². The summed E-state index contributed by atoms with van der Waals surface area (Å²) in [5.74, 6) is -0.878. The highest BCUT2D eigenvalue weighted by atomic mass is 16.6. The van der Waals surface area contributed by atoms with Gasteiger partial charge in [-0.05, 0) is 109 Å². The van der Waals surface area contributed by atoms with E-state index in [0.29, 0.717) is 19.3 Å². The summed E-state index contributed by atoms with van der Waals surface area (Å²) >= 11 is 0. The molecule has 0 aromatic rings. The molecular formula is C74H130O6. The number of unbranched alkanes of at least 4 members (excludes halogenated alkanes) is 38. The van der Waals surface area contributed by atoms with Crippen LogP contribution in [0.1, 0.15) is 348 Å². The van der Waals surface area contributed by atoms with Crippen LogP contribution in [0, 0.1) is 0 Å². The van der Waals surface area contributed by atoms with Crippen molar-refractivity contribution < 1.29 is 28.6 Å². The SMILES string of the molecule is CC/C=C\C/C=C\C/C=C\C/C=C\CCCCCCCCCCCCCCCCCCC(=O)OCC(COC(=O)CCCCCCC/C=C\C/C=C\CCCC)OC(=O)CCCCCCCCCCC/C=C\CCCCCCCC.